The summed E-state index contributed by atoms with van der Waals surface area (Å²) in [6.07, 6.45) is 0. The molecule has 0 radical (unpaired) electrons. The molecule has 0 saturated carbocycles. The van der Waals surface area contributed by atoms with E-state index in [-0.39, 0.29) is 0 Å². The third-order valence-electron chi connectivity index (χ3n) is 4.88. The van der Waals surface area contributed by atoms with Gasteiger partial charge in [0, 0.05) is 16.1 Å². The van der Waals surface area contributed by atoms with Crippen LogP contribution in [0, 0.1) is 20.8 Å². The van der Waals surface area contributed by atoms with Gasteiger partial charge in [-0.3, -0.25) is 0 Å². The second-order valence-corrected chi connectivity index (χ2v) is 25.2. The Bertz CT molecular complexity index is 567. The van der Waals surface area contributed by atoms with Crippen molar-refractivity contribution < 1.29 is 0 Å². The minimum Gasteiger partial charge on any atom is -0.332 e. The molecule has 0 aliphatic rings. The summed E-state index contributed by atoms with van der Waals surface area (Å²) < 4.78 is 5.45. The molecule has 0 aromatic heterocycles. The van der Waals surface area contributed by atoms with E-state index in [4.69, 9.17) is 4.63 Å². The second-order valence-electron chi connectivity index (χ2n) is 9.94. The van der Waals surface area contributed by atoms with Gasteiger partial charge in [-0.25, -0.2) is 0 Å². The largest absolute Gasteiger partial charge is 0.332 e. The maximum Gasteiger partial charge on any atom is 0.122 e. The van der Waals surface area contributed by atoms with Crippen LogP contribution in [-0.2, 0) is 6.54 Å². The van der Waals surface area contributed by atoms with Gasteiger partial charge in [0.05, 0.1) is 6.54 Å². The van der Waals surface area contributed by atoms with Crippen molar-refractivity contribution in [2.75, 3.05) is 0 Å². The molecule has 0 heterocycles. The van der Waals surface area contributed by atoms with Crippen molar-refractivity contribution in [1.82, 2.24) is 0 Å². The molecule has 1 aromatic rings. The number of rotatable bonds is 6. The molecule has 136 valence electrons. The monoisotopic (exact) mass is 377 g/mol. The zero-order valence-corrected chi connectivity index (χ0v) is 21.0. The average Bonchev–Trinajstić information content (AvgIpc) is 2.32. The lowest BCUT2D eigenvalue weighted by atomic mass is 10.0. The zero-order chi connectivity index (χ0) is 18.9. The summed E-state index contributed by atoms with van der Waals surface area (Å²) in [5, 5.41) is 0. The number of nitrogens with zero attached hydrogens (tertiary/aromatic N) is 1. The second kappa shape index (κ2) is 7.92. The van der Waals surface area contributed by atoms with Crippen LogP contribution in [0.3, 0.4) is 0 Å². The Balaban J connectivity index is 3.33. The predicted molar refractivity (Wildman–Crippen MR) is 118 cm³/mol. The molecule has 0 aliphatic heterocycles. The van der Waals surface area contributed by atoms with Crippen molar-refractivity contribution in [1.29, 1.82) is 0 Å². The molecule has 0 spiro atoms. The van der Waals surface area contributed by atoms with Crippen LogP contribution in [0.5, 0.6) is 0 Å². The topological polar surface area (TPSA) is 12.4 Å². The molecule has 0 bridgehead atoms. The highest BCUT2D eigenvalue weighted by atomic mass is 28.4. The maximum atomic E-state index is 5.45. The Morgan fingerprint density at radius 2 is 1.29 bits per heavy atom. The molecule has 0 unspecified atom stereocenters. The third-order valence-corrected chi connectivity index (χ3v) is 22.8. The number of benzene rings is 1. The fourth-order valence-corrected chi connectivity index (χ4v) is 26.0. The summed E-state index contributed by atoms with van der Waals surface area (Å²) in [7, 11) is -3.12. The lowest BCUT2D eigenvalue weighted by molar-refractivity contribution is 0.973. The first-order valence-electron chi connectivity index (χ1n) is 9.36. The Morgan fingerprint density at radius 1 is 0.875 bits per heavy atom. The van der Waals surface area contributed by atoms with E-state index in [0.29, 0.717) is 0 Å². The molecule has 0 atom stereocenters. The highest BCUT2D eigenvalue weighted by Gasteiger charge is 2.42. The van der Waals surface area contributed by atoms with E-state index in [0.717, 1.165) is 16.9 Å². The Morgan fingerprint density at radius 3 is 1.62 bits per heavy atom. The normalized spacial score (nSPS) is 14.0. The Kier molecular flexibility index (Phi) is 7.16. The van der Waals surface area contributed by atoms with Gasteiger partial charge in [-0.05, 0) is 47.8 Å². The molecule has 1 aromatic carbocycles. The standard InChI is InChI=1S/C20H39NSi3/c1-15(2)22(20(23(6,7)8)24(9,10)11)21-14-19-17(4)12-16(3)13-18(19)5/h12-13,15,20H,14H2,1-11H3. The summed E-state index contributed by atoms with van der Waals surface area (Å²) in [5.74, 6) is 0. The smallest absolute Gasteiger partial charge is 0.122 e. The fourth-order valence-electron chi connectivity index (χ4n) is 4.42. The van der Waals surface area contributed by atoms with Gasteiger partial charge in [-0.2, -0.15) is 0 Å². The van der Waals surface area contributed by atoms with E-state index in [9.17, 15) is 0 Å². The lowest BCUT2D eigenvalue weighted by Crippen LogP contribution is -2.49. The van der Waals surface area contributed by atoms with Gasteiger partial charge in [0.1, 0.15) is 8.59 Å². The van der Waals surface area contributed by atoms with Crippen molar-refractivity contribution in [3.8, 4) is 0 Å². The highest BCUT2D eigenvalue weighted by molar-refractivity contribution is 7.06. The molecule has 1 nitrogen and oxygen atoms in total. The van der Waals surface area contributed by atoms with Crippen molar-refractivity contribution in [2.45, 2.75) is 90.8 Å². The lowest BCUT2D eigenvalue weighted by Gasteiger charge is -2.40. The van der Waals surface area contributed by atoms with E-state index >= 15 is 0 Å². The molecule has 0 amide bonds. The van der Waals surface area contributed by atoms with E-state index in [2.05, 4.69) is 86.0 Å². The molecule has 4 heteroatoms. The number of aryl methyl sites for hydroxylation is 3. The minimum absolute atomic E-state index is 0.707. The molecule has 0 saturated heterocycles. The van der Waals surface area contributed by atoms with Gasteiger partial charge in [0.15, 0.2) is 0 Å². The van der Waals surface area contributed by atoms with Gasteiger partial charge < -0.3 is 4.63 Å². The quantitative estimate of drug-likeness (QED) is 0.478. The van der Waals surface area contributed by atoms with Crippen LogP contribution in [0.25, 0.3) is 0 Å². The molecule has 0 N–H and O–H groups in total. The Labute approximate surface area is 154 Å². The van der Waals surface area contributed by atoms with E-state index in [1.54, 1.807) is 0 Å². The van der Waals surface area contributed by atoms with Gasteiger partial charge in [0.25, 0.3) is 0 Å². The number of hydrogen-bond donors (Lipinski definition) is 0. The average molecular weight is 378 g/mol. The van der Waals surface area contributed by atoms with Gasteiger partial charge >= 0.3 is 0 Å². The van der Waals surface area contributed by atoms with Crippen LogP contribution in [0.2, 0.25) is 49.6 Å². The summed E-state index contributed by atoms with van der Waals surface area (Å²) >= 11 is 0. The molecule has 0 fully saturated rings. The van der Waals surface area contributed by atoms with Crippen molar-refractivity contribution in [3.05, 3.63) is 34.4 Å². The highest BCUT2D eigenvalue weighted by Crippen LogP contribution is 2.36. The molecule has 0 aliphatic carbocycles. The molecule has 1 rings (SSSR count). The van der Waals surface area contributed by atoms with Crippen LogP contribution in [0.4, 0.5) is 0 Å². The summed E-state index contributed by atoms with van der Waals surface area (Å²) in [5.41, 5.74) is 6.39. The third kappa shape index (κ3) is 5.60. The SMILES string of the molecule is Cc1cc(C)c(CN=[Si](C(C)C)C([Si](C)(C)C)[Si](C)(C)C)c(C)c1. The van der Waals surface area contributed by atoms with Crippen molar-refractivity contribution in [2.24, 2.45) is 4.63 Å². The van der Waals surface area contributed by atoms with Crippen LogP contribution >= 0.6 is 0 Å². The maximum absolute atomic E-state index is 5.45. The van der Waals surface area contributed by atoms with E-state index in [1.165, 1.54) is 22.3 Å². The first-order chi connectivity index (χ1) is 10.7. The molecule has 24 heavy (non-hydrogen) atoms. The van der Waals surface area contributed by atoms with E-state index in [1.807, 2.05) is 0 Å². The van der Waals surface area contributed by atoms with Crippen molar-refractivity contribution in [3.63, 3.8) is 0 Å². The molecular formula is C20H39NSi3. The van der Waals surface area contributed by atoms with Crippen LogP contribution < -0.4 is 0 Å². The summed E-state index contributed by atoms with van der Waals surface area (Å²) in [4.78, 5) is 0.932. The zero-order valence-electron chi connectivity index (χ0n) is 18.0. The van der Waals surface area contributed by atoms with Gasteiger partial charge in [-0.1, -0.05) is 70.8 Å². The van der Waals surface area contributed by atoms with Gasteiger partial charge in [-0.15, -0.1) is 0 Å². The Hall–Kier alpha value is -0.329. The predicted octanol–water partition coefficient (Wildman–Crippen LogP) is 6.91. The minimum atomic E-state index is -1.21. The van der Waals surface area contributed by atoms with Gasteiger partial charge in [0.2, 0.25) is 0 Å². The summed E-state index contributed by atoms with van der Waals surface area (Å²) in [6.45, 7) is 27.9. The first-order valence-corrected chi connectivity index (χ1v) is 18.1. The fraction of sp³-hybridized carbons (Fsp3) is 0.700. The summed E-state index contributed by atoms with van der Waals surface area (Å²) in [6, 6.07) is 4.63. The van der Waals surface area contributed by atoms with Crippen molar-refractivity contribution >= 4 is 24.7 Å². The first kappa shape index (κ1) is 21.7. The van der Waals surface area contributed by atoms with E-state index < -0.39 is 24.7 Å². The van der Waals surface area contributed by atoms with Crippen LogP contribution in [-0.4, -0.2) is 24.7 Å². The molecular weight excluding hydrogens is 338 g/mol. The number of hydrogen-bond acceptors (Lipinski definition) is 1. The van der Waals surface area contributed by atoms with Crippen LogP contribution in [0.15, 0.2) is 16.8 Å². The van der Waals surface area contributed by atoms with Crippen LogP contribution in [0.1, 0.15) is 36.1 Å².